The van der Waals surface area contributed by atoms with Crippen molar-refractivity contribution in [1.29, 1.82) is 0 Å². The number of amides is 3. The molecule has 3 unspecified atom stereocenters. The molecule has 1 aromatic heterocycles. The summed E-state index contributed by atoms with van der Waals surface area (Å²) in [7, 11) is 0. The number of aromatic nitrogens is 1. The fraction of sp³-hybridized carbons (Fsp3) is 0.600. The lowest BCUT2D eigenvalue weighted by atomic mass is 9.85. The maximum atomic E-state index is 13.8. The third kappa shape index (κ3) is 7.27. The van der Waals surface area contributed by atoms with Crippen LogP contribution in [-0.2, 0) is 14.4 Å². The van der Waals surface area contributed by atoms with Gasteiger partial charge in [0, 0.05) is 19.6 Å². The van der Waals surface area contributed by atoms with E-state index < -0.39 is 17.5 Å². The normalized spacial score (nSPS) is 20.2. The minimum Gasteiger partial charge on any atom is -0.393 e. The van der Waals surface area contributed by atoms with Gasteiger partial charge < -0.3 is 20.6 Å². The average Bonchev–Trinajstić information content (AvgIpc) is 3.57. The number of thiazole rings is 1. The molecule has 0 saturated carbocycles. The summed E-state index contributed by atoms with van der Waals surface area (Å²) in [6.07, 6.45) is 2.31. The van der Waals surface area contributed by atoms with Crippen molar-refractivity contribution in [3.05, 3.63) is 41.0 Å². The zero-order valence-corrected chi connectivity index (χ0v) is 25.1. The molecule has 0 spiro atoms. The van der Waals surface area contributed by atoms with E-state index in [1.807, 2.05) is 69.3 Å². The molecular weight excluding hydrogens is 526 g/mol. The minimum absolute atomic E-state index is 0.174. The van der Waals surface area contributed by atoms with E-state index in [1.165, 1.54) is 0 Å². The summed E-state index contributed by atoms with van der Waals surface area (Å²) in [5, 5.41) is 15.8. The number of likely N-dealkylation sites (tertiary alicyclic amines) is 2. The number of nitrogens with zero attached hydrogens (tertiary/aromatic N) is 3. The molecule has 40 heavy (non-hydrogen) atoms. The number of carbonyl (C=O) groups excluding carboxylic acids is 3. The molecule has 2 fully saturated rings. The Hall–Kier alpha value is -2.82. The Morgan fingerprint density at radius 3 is 2.35 bits per heavy atom. The van der Waals surface area contributed by atoms with Gasteiger partial charge in [-0.1, -0.05) is 45.0 Å². The van der Waals surface area contributed by atoms with Gasteiger partial charge in [0.25, 0.3) is 0 Å². The van der Waals surface area contributed by atoms with Gasteiger partial charge >= 0.3 is 0 Å². The number of aliphatic hydroxyl groups excluding tert-OH is 1. The summed E-state index contributed by atoms with van der Waals surface area (Å²) in [6, 6.07) is 6.60. The summed E-state index contributed by atoms with van der Waals surface area (Å²) >= 11 is 1.61. The van der Waals surface area contributed by atoms with Gasteiger partial charge in [0.15, 0.2) is 0 Å². The summed E-state index contributed by atoms with van der Waals surface area (Å²) in [4.78, 5) is 49.2. The van der Waals surface area contributed by atoms with Crippen LogP contribution >= 0.6 is 11.3 Å². The van der Waals surface area contributed by atoms with Crippen molar-refractivity contribution in [2.24, 2.45) is 5.41 Å². The first-order valence-electron chi connectivity index (χ1n) is 14.2. The maximum absolute atomic E-state index is 13.8. The summed E-state index contributed by atoms with van der Waals surface area (Å²) in [6.45, 7) is 11.7. The Bertz CT molecular complexity index is 1180. The highest BCUT2D eigenvalue weighted by atomic mass is 32.1. The van der Waals surface area contributed by atoms with E-state index in [-0.39, 0.29) is 36.4 Å². The second-order valence-electron chi connectivity index (χ2n) is 12.2. The zero-order valence-electron chi connectivity index (χ0n) is 24.3. The first-order chi connectivity index (χ1) is 18.9. The third-order valence-corrected chi connectivity index (χ3v) is 8.94. The van der Waals surface area contributed by atoms with Crippen molar-refractivity contribution in [3.8, 4) is 10.4 Å². The van der Waals surface area contributed by atoms with Crippen molar-refractivity contribution in [1.82, 2.24) is 25.4 Å². The van der Waals surface area contributed by atoms with Gasteiger partial charge in [0.05, 0.1) is 34.8 Å². The Labute approximate surface area is 241 Å². The van der Waals surface area contributed by atoms with Gasteiger partial charge in [0.2, 0.25) is 17.7 Å². The van der Waals surface area contributed by atoms with Crippen LogP contribution in [0.4, 0.5) is 0 Å². The van der Waals surface area contributed by atoms with E-state index in [0.717, 1.165) is 28.1 Å². The predicted molar refractivity (Wildman–Crippen MR) is 157 cm³/mol. The lowest BCUT2D eigenvalue weighted by Gasteiger charge is -2.36. The number of rotatable bonds is 8. The minimum atomic E-state index is -0.746. The van der Waals surface area contributed by atoms with Crippen LogP contribution in [0, 0.1) is 12.3 Å². The monoisotopic (exact) mass is 569 g/mol. The number of aliphatic hydroxyl groups is 1. The van der Waals surface area contributed by atoms with Crippen LogP contribution in [0.3, 0.4) is 0 Å². The van der Waals surface area contributed by atoms with Crippen LogP contribution in [0.1, 0.15) is 70.7 Å². The maximum Gasteiger partial charge on any atom is 0.246 e. The molecule has 4 rings (SSSR count). The number of benzene rings is 1. The smallest absolute Gasteiger partial charge is 0.246 e. The van der Waals surface area contributed by atoms with Gasteiger partial charge in [0.1, 0.15) is 12.1 Å². The van der Waals surface area contributed by atoms with Crippen molar-refractivity contribution in [2.75, 3.05) is 26.2 Å². The van der Waals surface area contributed by atoms with Crippen molar-refractivity contribution in [2.45, 2.75) is 84.5 Å². The molecular formula is C30H43N5O4S. The fourth-order valence-electron chi connectivity index (χ4n) is 5.50. The number of nitrogens with one attached hydrogen (secondary N) is 2. The highest BCUT2D eigenvalue weighted by molar-refractivity contribution is 7.13. The Morgan fingerprint density at radius 2 is 1.75 bits per heavy atom. The first kappa shape index (κ1) is 30.1. The Kier molecular flexibility index (Phi) is 9.64. The topological polar surface area (TPSA) is 115 Å². The second kappa shape index (κ2) is 12.8. The fourth-order valence-corrected chi connectivity index (χ4v) is 6.31. The Balaban J connectivity index is 1.38. The largest absolute Gasteiger partial charge is 0.393 e. The molecule has 3 amide bonds. The highest BCUT2D eigenvalue weighted by Crippen LogP contribution is 2.29. The summed E-state index contributed by atoms with van der Waals surface area (Å²) in [5.74, 6) is -0.605. The van der Waals surface area contributed by atoms with Crippen molar-refractivity contribution >= 4 is 29.1 Å². The van der Waals surface area contributed by atoms with Crippen molar-refractivity contribution < 1.29 is 19.5 Å². The molecule has 0 bridgehead atoms. The predicted octanol–water partition coefficient (Wildman–Crippen LogP) is 3.27. The van der Waals surface area contributed by atoms with E-state index in [1.54, 1.807) is 16.2 Å². The van der Waals surface area contributed by atoms with E-state index in [4.69, 9.17) is 0 Å². The molecule has 2 aliphatic heterocycles. The van der Waals surface area contributed by atoms with Crippen LogP contribution in [0.25, 0.3) is 10.4 Å². The molecule has 2 aliphatic rings. The SMILES string of the molecule is Cc1ncsc1-c1ccc(C(C)NC(=O)C2CCCN2C(=O)C(NC(=O)CN2CCC(O)CC2)C(C)(C)C)cc1. The van der Waals surface area contributed by atoms with E-state index >= 15 is 0 Å². The summed E-state index contributed by atoms with van der Waals surface area (Å²) < 4.78 is 0. The lowest BCUT2D eigenvalue weighted by molar-refractivity contribution is -0.144. The molecule has 218 valence electrons. The molecule has 3 atom stereocenters. The first-order valence-corrected chi connectivity index (χ1v) is 15.1. The molecule has 9 nitrogen and oxygen atoms in total. The van der Waals surface area contributed by atoms with Gasteiger partial charge in [-0.3, -0.25) is 19.3 Å². The second-order valence-corrected chi connectivity index (χ2v) is 13.0. The van der Waals surface area contributed by atoms with E-state index in [9.17, 15) is 19.5 Å². The van der Waals surface area contributed by atoms with Crippen LogP contribution in [-0.4, -0.2) is 82.0 Å². The highest BCUT2D eigenvalue weighted by Gasteiger charge is 2.42. The molecule has 2 saturated heterocycles. The van der Waals surface area contributed by atoms with E-state index in [0.29, 0.717) is 38.9 Å². The third-order valence-electron chi connectivity index (χ3n) is 7.96. The standard InChI is InChI=1S/C30H43N5O4S/c1-19(21-8-10-22(11-9-21)26-20(2)31-18-40-26)32-28(38)24-7-6-14-35(24)29(39)27(30(3,4)5)33-25(37)17-34-15-12-23(36)13-16-34/h8-11,18-19,23-24,27,36H,6-7,12-17H2,1-5H3,(H,32,38)(H,33,37). The van der Waals surface area contributed by atoms with E-state index in [2.05, 4.69) is 15.6 Å². The lowest BCUT2D eigenvalue weighted by Crippen LogP contribution is -2.59. The summed E-state index contributed by atoms with van der Waals surface area (Å²) in [5.41, 5.74) is 4.40. The quantitative estimate of drug-likeness (QED) is 0.450. The van der Waals surface area contributed by atoms with Crippen LogP contribution < -0.4 is 10.6 Å². The number of carbonyl (C=O) groups is 3. The molecule has 3 heterocycles. The molecule has 10 heteroatoms. The number of hydrogen-bond donors (Lipinski definition) is 3. The molecule has 2 aromatic rings. The van der Waals surface area contributed by atoms with Crippen molar-refractivity contribution in [3.63, 3.8) is 0 Å². The van der Waals surface area contributed by atoms with Crippen LogP contribution in [0.15, 0.2) is 29.8 Å². The molecule has 3 N–H and O–H groups in total. The zero-order chi connectivity index (χ0) is 29.0. The van der Waals surface area contributed by atoms with Crippen LogP contribution in [0.2, 0.25) is 0 Å². The number of aryl methyl sites for hydroxylation is 1. The van der Waals surface area contributed by atoms with Gasteiger partial charge in [-0.05, 0) is 56.1 Å². The molecule has 0 radical (unpaired) electrons. The number of piperidine rings is 1. The van der Waals surface area contributed by atoms with Gasteiger partial charge in [-0.2, -0.15) is 0 Å². The molecule has 1 aromatic carbocycles. The average molecular weight is 570 g/mol. The van der Waals surface area contributed by atoms with Gasteiger partial charge in [-0.15, -0.1) is 11.3 Å². The number of hydrogen-bond acceptors (Lipinski definition) is 7. The Morgan fingerprint density at radius 1 is 1.07 bits per heavy atom. The van der Waals surface area contributed by atoms with Crippen LogP contribution in [0.5, 0.6) is 0 Å². The van der Waals surface area contributed by atoms with Gasteiger partial charge in [-0.25, -0.2) is 4.98 Å². The molecule has 0 aliphatic carbocycles.